The van der Waals surface area contributed by atoms with Gasteiger partial charge in [-0.1, -0.05) is 63.0 Å². The number of fused-ring (bicyclic) bond motifs is 2. The minimum Gasteiger partial charge on any atom is -0.395 e. The van der Waals surface area contributed by atoms with Gasteiger partial charge < -0.3 is 21.1 Å². The average molecular weight is 652 g/mol. The summed E-state index contributed by atoms with van der Waals surface area (Å²) in [6.07, 6.45) is 0.547. The van der Waals surface area contributed by atoms with Crippen LogP contribution in [0.15, 0.2) is 36.4 Å². The van der Waals surface area contributed by atoms with Crippen molar-refractivity contribution in [2.24, 2.45) is 5.41 Å². The lowest BCUT2D eigenvalue weighted by Crippen LogP contribution is -2.49. The van der Waals surface area contributed by atoms with Crippen molar-refractivity contribution in [3.8, 4) is 0 Å². The Balaban J connectivity index is 0.00000294. The summed E-state index contributed by atoms with van der Waals surface area (Å²) in [4.78, 5) is 30.0. The van der Waals surface area contributed by atoms with Crippen LogP contribution in [0.2, 0.25) is 10.0 Å². The summed E-state index contributed by atoms with van der Waals surface area (Å²) in [6, 6.07) is 8.66. The molecule has 1 spiro atoms. The van der Waals surface area contributed by atoms with Gasteiger partial charge in [-0.15, -0.1) is 24.8 Å². The molecule has 1 fully saturated rings. The van der Waals surface area contributed by atoms with Gasteiger partial charge in [0.25, 0.3) is 0 Å². The number of carbonyl (C=O) groups excluding carboxylic acids is 2. The second-order valence-electron chi connectivity index (χ2n) is 11.6. The van der Waals surface area contributed by atoms with Crippen molar-refractivity contribution in [2.45, 2.75) is 57.5 Å². The summed E-state index contributed by atoms with van der Waals surface area (Å²) in [5.74, 6) is -1.86. The molecule has 0 radical (unpaired) electrons. The maximum atomic E-state index is 15.0. The summed E-state index contributed by atoms with van der Waals surface area (Å²) < 4.78 is 15.0. The Morgan fingerprint density at radius 2 is 1.88 bits per heavy atom. The van der Waals surface area contributed by atoms with Gasteiger partial charge in [0.2, 0.25) is 11.8 Å². The molecule has 228 valence electrons. The summed E-state index contributed by atoms with van der Waals surface area (Å²) in [5, 5.41) is 19.2. The molecule has 0 saturated carbocycles. The summed E-state index contributed by atoms with van der Waals surface area (Å²) in [7, 11) is 0. The second-order valence-corrected chi connectivity index (χ2v) is 12.4. The maximum absolute atomic E-state index is 15.0. The number of carbonyl (C=O) groups is 2. The number of amides is 2. The third-order valence-electron chi connectivity index (χ3n) is 7.78. The Morgan fingerprint density at radius 1 is 1.17 bits per heavy atom. The van der Waals surface area contributed by atoms with E-state index in [4.69, 9.17) is 23.2 Å². The lowest BCUT2D eigenvalue weighted by atomic mass is 9.62. The van der Waals surface area contributed by atoms with E-state index in [0.29, 0.717) is 47.9 Å². The van der Waals surface area contributed by atoms with Gasteiger partial charge in [0, 0.05) is 42.3 Å². The van der Waals surface area contributed by atoms with Gasteiger partial charge in [0.1, 0.15) is 11.2 Å². The monoisotopic (exact) mass is 650 g/mol. The molecule has 0 unspecified atom stereocenters. The van der Waals surface area contributed by atoms with Crippen LogP contribution in [-0.2, 0) is 15.0 Å². The van der Waals surface area contributed by atoms with Crippen molar-refractivity contribution in [2.75, 3.05) is 38.1 Å². The van der Waals surface area contributed by atoms with Crippen LogP contribution in [0.3, 0.4) is 0 Å². The van der Waals surface area contributed by atoms with Gasteiger partial charge in [-0.3, -0.25) is 14.5 Å². The molecule has 4 rings (SSSR count). The Kier molecular flexibility index (Phi) is 12.3. The van der Waals surface area contributed by atoms with Gasteiger partial charge in [-0.05, 0) is 53.8 Å². The quantitative estimate of drug-likeness (QED) is 0.301. The molecule has 12 heteroatoms. The number of benzene rings is 2. The largest absolute Gasteiger partial charge is 0.395 e. The highest BCUT2D eigenvalue weighted by Crippen LogP contribution is 2.57. The molecule has 41 heavy (non-hydrogen) atoms. The van der Waals surface area contributed by atoms with Crippen molar-refractivity contribution >= 4 is 65.5 Å². The Bertz CT molecular complexity index is 1250. The van der Waals surface area contributed by atoms with Crippen molar-refractivity contribution in [1.82, 2.24) is 15.5 Å². The van der Waals surface area contributed by atoms with Crippen LogP contribution >= 0.6 is 48.0 Å². The van der Waals surface area contributed by atoms with E-state index in [2.05, 4.69) is 36.7 Å². The number of rotatable bonds is 9. The SMILES string of the molecule is CCN(CCO)CCNC(=O)[C@@H]1N[C@H](CC(C)(C)C)[C@]2(C(=O)Nc3cc(Cl)c(F)cc32)[C@H]1c1cccc(Cl)c1.Cl.Cl. The minimum absolute atomic E-state index is 0. The molecule has 0 aliphatic carbocycles. The van der Waals surface area contributed by atoms with Crippen LogP contribution in [-0.4, -0.2) is 66.7 Å². The highest BCUT2D eigenvalue weighted by Gasteiger charge is 2.65. The van der Waals surface area contributed by atoms with Gasteiger partial charge in [-0.25, -0.2) is 4.39 Å². The zero-order chi connectivity index (χ0) is 28.5. The molecule has 2 amide bonds. The third kappa shape index (κ3) is 7.12. The van der Waals surface area contributed by atoms with Gasteiger partial charge in [-0.2, -0.15) is 0 Å². The first-order valence-corrected chi connectivity index (χ1v) is 14.1. The minimum atomic E-state index is -1.28. The van der Waals surface area contributed by atoms with Crippen LogP contribution in [0.5, 0.6) is 0 Å². The Hall–Kier alpha value is -1.65. The van der Waals surface area contributed by atoms with E-state index >= 15 is 0 Å². The first-order chi connectivity index (χ1) is 18.4. The summed E-state index contributed by atoms with van der Waals surface area (Å²) in [5.41, 5.74) is 0.141. The lowest BCUT2D eigenvalue weighted by molar-refractivity contribution is -0.123. The fourth-order valence-corrected chi connectivity index (χ4v) is 6.51. The number of halogens is 5. The Morgan fingerprint density at radius 3 is 2.49 bits per heavy atom. The maximum Gasteiger partial charge on any atom is 0.237 e. The summed E-state index contributed by atoms with van der Waals surface area (Å²) >= 11 is 12.5. The fraction of sp³-hybridized carbons (Fsp3) is 0.517. The van der Waals surface area contributed by atoms with Crippen molar-refractivity contribution in [3.63, 3.8) is 0 Å². The van der Waals surface area contributed by atoms with Crippen LogP contribution < -0.4 is 16.0 Å². The highest BCUT2D eigenvalue weighted by molar-refractivity contribution is 6.31. The first kappa shape index (κ1) is 35.5. The number of nitrogens with zero attached hydrogens (tertiary/aromatic N) is 1. The predicted molar refractivity (Wildman–Crippen MR) is 167 cm³/mol. The third-order valence-corrected chi connectivity index (χ3v) is 8.31. The summed E-state index contributed by atoms with van der Waals surface area (Å²) in [6.45, 7) is 10.4. The highest BCUT2D eigenvalue weighted by atomic mass is 35.5. The smallest absolute Gasteiger partial charge is 0.237 e. The van der Waals surface area contributed by atoms with Crippen LogP contribution in [0.25, 0.3) is 0 Å². The molecule has 1 saturated heterocycles. The molecule has 7 nitrogen and oxygen atoms in total. The number of anilines is 1. The number of aliphatic hydroxyl groups is 1. The lowest BCUT2D eigenvalue weighted by Gasteiger charge is -2.37. The molecule has 2 aliphatic rings. The van der Waals surface area contributed by atoms with E-state index in [1.807, 2.05) is 17.9 Å². The molecule has 0 bridgehead atoms. The van der Waals surface area contributed by atoms with Gasteiger partial charge >= 0.3 is 0 Å². The molecular formula is C29H39Cl4FN4O3. The van der Waals surface area contributed by atoms with Crippen LogP contribution in [0.4, 0.5) is 10.1 Å². The predicted octanol–water partition coefficient (Wildman–Crippen LogP) is 5.16. The number of hydrogen-bond acceptors (Lipinski definition) is 5. The van der Waals surface area contributed by atoms with E-state index in [1.165, 1.54) is 12.1 Å². The molecule has 2 heterocycles. The molecule has 0 aromatic heterocycles. The zero-order valence-corrected chi connectivity index (χ0v) is 26.7. The standard InChI is InChI=1S/C29H37Cl2FN4O3.2ClH/c1-5-36(11-12-37)10-9-33-26(38)25-24(17-7-6-8-18(30)13-17)29(23(35-25)16-28(2,3)4)19-14-21(32)20(31)15-22(19)34-27(29)39;;/h6-8,13-15,23-25,35,37H,5,9-12,16H2,1-4H3,(H,33,38)(H,34,39);2*1H/t23-,24+,25-,29+;;/m1../s1. The first-order valence-electron chi connectivity index (χ1n) is 13.4. The molecule has 4 N–H and O–H groups in total. The molecule has 2 aliphatic heterocycles. The van der Waals surface area contributed by atoms with Gasteiger partial charge in [0.05, 0.1) is 17.7 Å². The topological polar surface area (TPSA) is 93.7 Å². The van der Waals surface area contributed by atoms with E-state index < -0.39 is 29.2 Å². The van der Waals surface area contributed by atoms with Crippen molar-refractivity contribution in [3.05, 3.63) is 63.4 Å². The number of nitrogens with one attached hydrogen (secondary N) is 3. The Labute approximate surface area is 263 Å². The van der Waals surface area contributed by atoms with Gasteiger partial charge in [0.15, 0.2) is 0 Å². The van der Waals surface area contributed by atoms with Crippen LogP contribution in [0.1, 0.15) is 51.2 Å². The van der Waals surface area contributed by atoms with Crippen molar-refractivity contribution in [1.29, 1.82) is 0 Å². The fourth-order valence-electron chi connectivity index (χ4n) is 6.15. The molecule has 4 atom stereocenters. The number of aliphatic hydroxyl groups excluding tert-OH is 1. The van der Waals surface area contributed by atoms with Crippen molar-refractivity contribution < 1.29 is 19.1 Å². The average Bonchev–Trinajstić information content (AvgIpc) is 3.33. The van der Waals surface area contributed by atoms with E-state index in [1.54, 1.807) is 18.2 Å². The second kappa shape index (κ2) is 14.2. The molecular weight excluding hydrogens is 613 g/mol. The number of hydrogen-bond donors (Lipinski definition) is 4. The van der Waals surface area contributed by atoms with E-state index in [0.717, 1.165) is 6.54 Å². The van der Waals surface area contributed by atoms with E-state index in [-0.39, 0.29) is 53.7 Å². The normalized spacial score (nSPS) is 23.1. The van der Waals surface area contributed by atoms with Crippen LogP contribution in [0, 0.1) is 11.2 Å². The number of likely N-dealkylation sites (N-methyl/N-ethyl adjacent to an activating group) is 1. The molecule has 2 aromatic rings. The van der Waals surface area contributed by atoms with E-state index in [9.17, 15) is 19.1 Å². The zero-order valence-electron chi connectivity index (χ0n) is 23.6. The molecule has 2 aromatic carbocycles.